The number of rotatable bonds is 3. The molecule has 5 heteroatoms. The van der Waals surface area contributed by atoms with Gasteiger partial charge in [-0.05, 0) is 12.1 Å². The van der Waals surface area contributed by atoms with Crippen LogP contribution in [0.2, 0.25) is 5.02 Å². The molecule has 1 rings (SSSR count). The standard InChI is InChI=1S/C9H6ClNO3/c1-6(5-12)8-3-2-7(10)4-9(8)11(13)14/h2-5H,1H2. The van der Waals surface area contributed by atoms with Gasteiger partial charge in [-0.25, -0.2) is 0 Å². The number of hydrogen-bond acceptors (Lipinski definition) is 3. The van der Waals surface area contributed by atoms with Crippen LogP contribution in [0.25, 0.3) is 5.57 Å². The summed E-state index contributed by atoms with van der Waals surface area (Å²) in [5, 5.41) is 10.8. The van der Waals surface area contributed by atoms with Gasteiger partial charge in [0.05, 0.1) is 10.5 Å². The van der Waals surface area contributed by atoms with E-state index in [2.05, 4.69) is 6.58 Å². The number of nitrogens with zero attached hydrogens (tertiary/aromatic N) is 1. The van der Waals surface area contributed by atoms with E-state index >= 15 is 0 Å². The molecule has 0 amide bonds. The van der Waals surface area contributed by atoms with E-state index in [1.807, 2.05) is 0 Å². The lowest BCUT2D eigenvalue weighted by Gasteiger charge is -2.00. The quantitative estimate of drug-likeness (QED) is 0.334. The van der Waals surface area contributed by atoms with Gasteiger partial charge in [-0.2, -0.15) is 0 Å². The molecule has 72 valence electrons. The van der Waals surface area contributed by atoms with Crippen LogP contribution in [0.15, 0.2) is 24.8 Å². The van der Waals surface area contributed by atoms with E-state index in [1.54, 1.807) is 0 Å². The Hall–Kier alpha value is -1.68. The van der Waals surface area contributed by atoms with Gasteiger partial charge in [-0.3, -0.25) is 14.9 Å². The predicted octanol–water partition coefficient (Wildman–Crippen LogP) is 2.46. The van der Waals surface area contributed by atoms with Gasteiger partial charge < -0.3 is 0 Å². The van der Waals surface area contributed by atoms with Crippen LogP contribution < -0.4 is 0 Å². The Balaban J connectivity index is 3.35. The molecule has 0 aliphatic carbocycles. The minimum Gasteiger partial charge on any atom is -0.298 e. The second-order valence-corrected chi connectivity index (χ2v) is 3.00. The van der Waals surface area contributed by atoms with Crippen molar-refractivity contribution in [2.45, 2.75) is 0 Å². The summed E-state index contributed by atoms with van der Waals surface area (Å²) in [4.78, 5) is 20.4. The van der Waals surface area contributed by atoms with Gasteiger partial charge in [0.15, 0.2) is 0 Å². The number of aldehydes is 1. The van der Waals surface area contributed by atoms with Crippen LogP contribution in [0.5, 0.6) is 0 Å². The zero-order valence-corrected chi connectivity index (χ0v) is 7.82. The molecule has 0 saturated carbocycles. The molecular weight excluding hydrogens is 206 g/mol. The molecule has 0 N–H and O–H groups in total. The summed E-state index contributed by atoms with van der Waals surface area (Å²) in [5.74, 6) is 0. The number of halogens is 1. The minimum atomic E-state index is -0.601. The fourth-order valence-electron chi connectivity index (χ4n) is 0.991. The first-order valence-corrected chi connectivity index (χ1v) is 4.02. The third-order valence-corrected chi connectivity index (χ3v) is 1.88. The highest BCUT2D eigenvalue weighted by molar-refractivity contribution is 6.31. The highest BCUT2D eigenvalue weighted by atomic mass is 35.5. The maximum Gasteiger partial charge on any atom is 0.278 e. The largest absolute Gasteiger partial charge is 0.298 e. The SMILES string of the molecule is C=C(C=O)c1ccc(Cl)cc1[N+](=O)[O-]. The zero-order chi connectivity index (χ0) is 10.7. The van der Waals surface area contributed by atoms with E-state index in [0.717, 1.165) is 0 Å². The van der Waals surface area contributed by atoms with E-state index in [0.29, 0.717) is 6.29 Å². The molecule has 4 nitrogen and oxygen atoms in total. The van der Waals surface area contributed by atoms with Crippen molar-refractivity contribution in [2.24, 2.45) is 0 Å². The molecule has 14 heavy (non-hydrogen) atoms. The molecule has 0 heterocycles. The van der Waals surface area contributed by atoms with Gasteiger partial charge in [0.25, 0.3) is 5.69 Å². The summed E-state index contributed by atoms with van der Waals surface area (Å²) in [7, 11) is 0. The highest BCUT2D eigenvalue weighted by Crippen LogP contribution is 2.27. The van der Waals surface area contributed by atoms with Gasteiger partial charge >= 0.3 is 0 Å². The Bertz CT molecular complexity index is 415. The Morgan fingerprint density at radius 3 is 2.71 bits per heavy atom. The first-order valence-electron chi connectivity index (χ1n) is 3.64. The van der Waals surface area contributed by atoms with Crippen molar-refractivity contribution in [3.8, 4) is 0 Å². The second-order valence-electron chi connectivity index (χ2n) is 2.56. The topological polar surface area (TPSA) is 60.2 Å². The van der Waals surface area contributed by atoms with Gasteiger partial charge in [-0.1, -0.05) is 18.2 Å². The molecule has 0 unspecified atom stereocenters. The van der Waals surface area contributed by atoms with Crippen molar-refractivity contribution < 1.29 is 9.72 Å². The Morgan fingerprint density at radius 2 is 2.21 bits per heavy atom. The summed E-state index contributed by atoms with van der Waals surface area (Å²) in [5.41, 5.74) is 0.0392. The van der Waals surface area contributed by atoms with Gasteiger partial charge in [0.1, 0.15) is 6.29 Å². The number of hydrogen-bond donors (Lipinski definition) is 0. The molecule has 0 radical (unpaired) electrons. The fraction of sp³-hybridized carbons (Fsp3) is 0. The molecule has 0 atom stereocenters. The number of allylic oxidation sites excluding steroid dienone is 1. The molecule has 0 aliphatic rings. The summed E-state index contributed by atoms with van der Waals surface area (Å²) in [6, 6.07) is 4.06. The average molecular weight is 212 g/mol. The maximum atomic E-state index is 10.6. The monoisotopic (exact) mass is 211 g/mol. The molecule has 1 aromatic rings. The van der Waals surface area contributed by atoms with E-state index in [-0.39, 0.29) is 21.8 Å². The van der Waals surface area contributed by atoms with Gasteiger partial charge in [0, 0.05) is 16.7 Å². The third-order valence-electron chi connectivity index (χ3n) is 1.64. The van der Waals surface area contributed by atoms with Gasteiger partial charge in [0.2, 0.25) is 0 Å². The molecular formula is C9H6ClNO3. The molecule has 0 saturated heterocycles. The Labute approximate surface area is 85.0 Å². The van der Waals surface area contributed by atoms with Crippen LogP contribution in [0.1, 0.15) is 5.56 Å². The summed E-state index contributed by atoms with van der Waals surface area (Å²) in [6.45, 7) is 3.40. The first kappa shape index (κ1) is 10.4. The molecule has 1 aromatic carbocycles. The summed E-state index contributed by atoms with van der Waals surface area (Å²) in [6.07, 6.45) is 0.468. The normalized spacial score (nSPS) is 9.50. The van der Waals surface area contributed by atoms with Crippen LogP contribution in [-0.4, -0.2) is 11.2 Å². The summed E-state index contributed by atoms with van der Waals surface area (Å²) >= 11 is 5.59. The van der Waals surface area contributed by atoms with E-state index in [9.17, 15) is 14.9 Å². The van der Waals surface area contributed by atoms with Crippen LogP contribution in [0.4, 0.5) is 5.69 Å². The molecule has 0 aromatic heterocycles. The van der Waals surface area contributed by atoms with Crippen LogP contribution >= 0.6 is 11.6 Å². The fourth-order valence-corrected chi connectivity index (χ4v) is 1.16. The second kappa shape index (κ2) is 4.02. The van der Waals surface area contributed by atoms with E-state index < -0.39 is 4.92 Å². The Kier molecular flexibility index (Phi) is 2.99. The van der Waals surface area contributed by atoms with E-state index in [1.165, 1.54) is 18.2 Å². The minimum absolute atomic E-state index is 0.0633. The average Bonchev–Trinajstić information content (AvgIpc) is 2.16. The number of benzene rings is 1. The van der Waals surface area contributed by atoms with Crippen molar-refractivity contribution in [1.29, 1.82) is 0 Å². The first-order chi connectivity index (χ1) is 6.56. The number of carbonyl (C=O) groups is 1. The smallest absolute Gasteiger partial charge is 0.278 e. The van der Waals surface area contributed by atoms with Crippen LogP contribution in [-0.2, 0) is 4.79 Å². The Morgan fingerprint density at radius 1 is 1.57 bits per heavy atom. The lowest BCUT2D eigenvalue weighted by molar-refractivity contribution is -0.385. The molecule has 0 aliphatic heterocycles. The molecule has 0 spiro atoms. The number of nitro groups is 1. The lowest BCUT2D eigenvalue weighted by Crippen LogP contribution is -1.94. The van der Waals surface area contributed by atoms with Crippen LogP contribution in [0, 0.1) is 10.1 Å². The zero-order valence-electron chi connectivity index (χ0n) is 7.07. The van der Waals surface area contributed by atoms with Crippen LogP contribution in [0.3, 0.4) is 0 Å². The van der Waals surface area contributed by atoms with E-state index in [4.69, 9.17) is 11.6 Å². The lowest BCUT2D eigenvalue weighted by atomic mass is 10.1. The molecule has 0 fully saturated rings. The van der Waals surface area contributed by atoms with Crippen molar-refractivity contribution in [3.63, 3.8) is 0 Å². The van der Waals surface area contributed by atoms with Gasteiger partial charge in [-0.15, -0.1) is 0 Å². The maximum absolute atomic E-state index is 10.6. The van der Waals surface area contributed by atoms with Crippen molar-refractivity contribution in [2.75, 3.05) is 0 Å². The van der Waals surface area contributed by atoms with Crippen molar-refractivity contribution in [1.82, 2.24) is 0 Å². The number of nitro benzene ring substituents is 1. The van der Waals surface area contributed by atoms with Crippen molar-refractivity contribution >= 4 is 29.1 Å². The number of carbonyl (C=O) groups excluding carboxylic acids is 1. The third kappa shape index (κ3) is 1.97. The highest BCUT2D eigenvalue weighted by Gasteiger charge is 2.15. The summed E-state index contributed by atoms with van der Waals surface area (Å²) < 4.78 is 0. The predicted molar refractivity (Wildman–Crippen MR) is 53.2 cm³/mol. The molecule has 0 bridgehead atoms. The van der Waals surface area contributed by atoms with Crippen molar-refractivity contribution in [3.05, 3.63) is 45.5 Å².